The fraction of sp³-hybridized carbons (Fsp3) is 0.417. The number of carbonyl (C=O) groups excluding carboxylic acids is 1. The second-order valence-electron chi connectivity index (χ2n) is 8.46. The molecule has 0 aromatic heterocycles. The Bertz CT molecular complexity index is 1180. The summed E-state index contributed by atoms with van der Waals surface area (Å²) in [5.41, 5.74) is 1.30. The number of nitrogens with zero attached hydrogens (tertiary/aromatic N) is 2. The van der Waals surface area contributed by atoms with E-state index < -0.39 is 10.0 Å². The third kappa shape index (κ3) is 4.54. The smallest absolute Gasteiger partial charge is 0.246 e. The van der Waals surface area contributed by atoms with Crippen molar-refractivity contribution in [2.24, 2.45) is 5.92 Å². The fourth-order valence-electron chi connectivity index (χ4n) is 4.19. The second-order valence-corrected chi connectivity index (χ2v) is 10.4. The Kier molecular flexibility index (Phi) is 6.32. The van der Waals surface area contributed by atoms with E-state index in [-0.39, 0.29) is 41.0 Å². The lowest BCUT2D eigenvalue weighted by atomic mass is 9.96. The maximum atomic E-state index is 13.2. The summed E-state index contributed by atoms with van der Waals surface area (Å²) < 4.78 is 38.2. The number of hydrogen-bond acceptors (Lipinski definition) is 6. The second kappa shape index (κ2) is 9.04. The van der Waals surface area contributed by atoms with E-state index in [2.05, 4.69) is 11.4 Å². The highest BCUT2D eigenvalue weighted by atomic mass is 32.2. The van der Waals surface area contributed by atoms with Crippen LogP contribution < -0.4 is 14.8 Å². The molecule has 1 amide bonds. The summed E-state index contributed by atoms with van der Waals surface area (Å²) in [4.78, 5) is 12.8. The van der Waals surface area contributed by atoms with Crippen LogP contribution in [0.25, 0.3) is 0 Å². The Balaban J connectivity index is 1.38. The number of sulfonamides is 1. The van der Waals surface area contributed by atoms with Crippen LogP contribution >= 0.6 is 0 Å². The lowest BCUT2D eigenvalue weighted by Crippen LogP contribution is -2.41. The number of hydrogen-bond donors (Lipinski definition) is 1. The van der Waals surface area contributed by atoms with Crippen LogP contribution in [-0.2, 0) is 20.2 Å². The molecule has 1 saturated carbocycles. The minimum atomic E-state index is -3.79. The molecule has 1 aliphatic carbocycles. The van der Waals surface area contributed by atoms with Gasteiger partial charge < -0.3 is 14.8 Å². The van der Waals surface area contributed by atoms with Gasteiger partial charge >= 0.3 is 0 Å². The highest BCUT2D eigenvalue weighted by Gasteiger charge is 2.44. The standard InChI is InChI=1S/C24H27N3O5S/c1-31-20-7-8-21(32-2)22(15-20)33(29,30)27-13-9-17(10-14-27)23(28)26-19-5-3-18(4-6-19)24(16-25)11-12-24/h3-8,15,17H,9-14H2,1-2H3,(H,26,28). The van der Waals surface area contributed by atoms with Gasteiger partial charge in [0.05, 0.1) is 25.7 Å². The number of amides is 1. The molecule has 8 nitrogen and oxygen atoms in total. The summed E-state index contributed by atoms with van der Waals surface area (Å²) in [6.45, 7) is 0.481. The SMILES string of the molecule is COc1ccc(OC)c(S(=O)(=O)N2CCC(C(=O)Nc3ccc(C4(C#N)CC4)cc3)CC2)c1. The molecule has 1 N–H and O–H groups in total. The average molecular weight is 470 g/mol. The van der Waals surface area contributed by atoms with E-state index in [1.807, 2.05) is 24.3 Å². The van der Waals surface area contributed by atoms with E-state index >= 15 is 0 Å². The molecule has 1 aliphatic heterocycles. The first-order valence-electron chi connectivity index (χ1n) is 10.9. The van der Waals surface area contributed by atoms with Gasteiger partial charge in [0.25, 0.3) is 0 Å². The number of anilines is 1. The number of methoxy groups -OCH3 is 2. The Morgan fingerprint density at radius 2 is 1.76 bits per heavy atom. The van der Waals surface area contributed by atoms with Crippen LogP contribution in [0, 0.1) is 17.2 Å². The molecular formula is C24H27N3O5S. The van der Waals surface area contributed by atoms with E-state index in [9.17, 15) is 18.5 Å². The molecule has 33 heavy (non-hydrogen) atoms. The quantitative estimate of drug-likeness (QED) is 0.667. The van der Waals surface area contributed by atoms with Crippen LogP contribution in [0.2, 0.25) is 0 Å². The topological polar surface area (TPSA) is 109 Å². The van der Waals surface area contributed by atoms with Gasteiger partial charge in [-0.3, -0.25) is 4.79 Å². The number of rotatable bonds is 7. The highest BCUT2D eigenvalue weighted by molar-refractivity contribution is 7.89. The van der Waals surface area contributed by atoms with Crippen molar-refractivity contribution in [2.75, 3.05) is 32.6 Å². The van der Waals surface area contributed by atoms with Crippen LogP contribution in [0.4, 0.5) is 5.69 Å². The Morgan fingerprint density at radius 1 is 1.09 bits per heavy atom. The molecule has 0 atom stereocenters. The zero-order chi connectivity index (χ0) is 23.6. The van der Waals surface area contributed by atoms with E-state index in [0.717, 1.165) is 18.4 Å². The highest BCUT2D eigenvalue weighted by Crippen LogP contribution is 2.47. The van der Waals surface area contributed by atoms with Gasteiger partial charge in [0, 0.05) is 30.8 Å². The van der Waals surface area contributed by atoms with Crippen molar-refractivity contribution in [1.29, 1.82) is 5.26 Å². The maximum absolute atomic E-state index is 13.2. The van der Waals surface area contributed by atoms with E-state index in [4.69, 9.17) is 9.47 Å². The van der Waals surface area contributed by atoms with Crippen LogP contribution in [0.3, 0.4) is 0 Å². The van der Waals surface area contributed by atoms with Gasteiger partial charge in [-0.2, -0.15) is 9.57 Å². The van der Waals surface area contributed by atoms with Gasteiger partial charge in [-0.1, -0.05) is 12.1 Å². The van der Waals surface area contributed by atoms with Crippen molar-refractivity contribution in [3.05, 3.63) is 48.0 Å². The van der Waals surface area contributed by atoms with Crippen LogP contribution in [0.1, 0.15) is 31.2 Å². The zero-order valence-electron chi connectivity index (χ0n) is 18.7. The van der Waals surface area contributed by atoms with E-state index in [1.165, 1.54) is 24.6 Å². The molecule has 0 radical (unpaired) electrons. The Labute approximate surface area is 194 Å². The predicted octanol–water partition coefficient (Wildman–Crippen LogP) is 3.30. The molecular weight excluding hydrogens is 442 g/mol. The average Bonchev–Trinajstić information content (AvgIpc) is 3.65. The minimum Gasteiger partial charge on any atom is -0.497 e. The minimum absolute atomic E-state index is 0.0538. The van der Waals surface area contributed by atoms with Gasteiger partial charge in [-0.15, -0.1) is 0 Å². The Morgan fingerprint density at radius 3 is 2.30 bits per heavy atom. The molecule has 174 valence electrons. The number of nitrogens with one attached hydrogen (secondary N) is 1. The first-order valence-corrected chi connectivity index (χ1v) is 12.3. The number of nitriles is 1. The monoisotopic (exact) mass is 469 g/mol. The molecule has 2 aromatic rings. The van der Waals surface area contributed by atoms with Crippen LogP contribution in [0.5, 0.6) is 11.5 Å². The third-order valence-electron chi connectivity index (χ3n) is 6.48. The van der Waals surface area contributed by atoms with Crippen molar-refractivity contribution in [1.82, 2.24) is 4.31 Å². The summed E-state index contributed by atoms with van der Waals surface area (Å²) in [6.07, 6.45) is 2.59. The Hall–Kier alpha value is -3.09. The molecule has 4 rings (SSSR count). The van der Waals surface area contributed by atoms with Gasteiger partial charge in [0.1, 0.15) is 16.4 Å². The number of benzene rings is 2. The first kappa shape index (κ1) is 23.1. The van der Waals surface area contributed by atoms with Crippen molar-refractivity contribution in [3.63, 3.8) is 0 Å². The van der Waals surface area contributed by atoms with Gasteiger partial charge in [0.2, 0.25) is 15.9 Å². The van der Waals surface area contributed by atoms with Crippen LogP contribution in [-0.4, -0.2) is 45.9 Å². The molecule has 1 heterocycles. The molecule has 0 unspecified atom stereocenters. The molecule has 0 spiro atoms. The van der Waals surface area contributed by atoms with E-state index in [1.54, 1.807) is 12.1 Å². The molecule has 1 saturated heterocycles. The van der Waals surface area contributed by atoms with Crippen LogP contribution in [0.15, 0.2) is 47.4 Å². The van der Waals surface area contributed by atoms with E-state index in [0.29, 0.717) is 24.3 Å². The maximum Gasteiger partial charge on any atom is 0.246 e. The lowest BCUT2D eigenvalue weighted by molar-refractivity contribution is -0.120. The summed E-state index contributed by atoms with van der Waals surface area (Å²) in [6, 6.07) is 14.5. The van der Waals surface area contributed by atoms with Crippen molar-refractivity contribution in [3.8, 4) is 17.6 Å². The zero-order valence-corrected chi connectivity index (χ0v) is 19.5. The fourth-order valence-corrected chi connectivity index (χ4v) is 5.83. The largest absolute Gasteiger partial charge is 0.497 e. The lowest BCUT2D eigenvalue weighted by Gasteiger charge is -2.31. The molecule has 0 bridgehead atoms. The van der Waals surface area contributed by atoms with Gasteiger partial charge in [0.15, 0.2) is 0 Å². The summed E-state index contributed by atoms with van der Waals surface area (Å²) in [5.74, 6) is 0.276. The van der Waals surface area contributed by atoms with Crippen molar-refractivity contribution < 1.29 is 22.7 Å². The summed E-state index contributed by atoms with van der Waals surface area (Å²) in [7, 11) is -0.890. The number of ether oxygens (including phenoxy) is 2. The summed E-state index contributed by atoms with van der Waals surface area (Å²) in [5, 5.41) is 12.2. The van der Waals surface area contributed by atoms with Gasteiger partial charge in [-0.05, 0) is 55.5 Å². The third-order valence-corrected chi connectivity index (χ3v) is 8.40. The normalized spacial score (nSPS) is 18.2. The molecule has 2 fully saturated rings. The number of carbonyl (C=O) groups is 1. The predicted molar refractivity (Wildman–Crippen MR) is 123 cm³/mol. The molecule has 2 aliphatic rings. The van der Waals surface area contributed by atoms with Gasteiger partial charge in [-0.25, -0.2) is 8.42 Å². The summed E-state index contributed by atoms with van der Waals surface area (Å²) >= 11 is 0. The molecule has 9 heteroatoms. The van der Waals surface area contributed by atoms with Crippen molar-refractivity contribution in [2.45, 2.75) is 36.0 Å². The first-order chi connectivity index (χ1) is 15.8. The number of piperidine rings is 1. The van der Waals surface area contributed by atoms with Crippen molar-refractivity contribution >= 4 is 21.6 Å². The molecule has 2 aromatic carbocycles.